The van der Waals surface area contributed by atoms with E-state index in [2.05, 4.69) is 4.98 Å². The molecule has 0 atom stereocenters. The van der Waals surface area contributed by atoms with Gasteiger partial charge in [0.15, 0.2) is 18.1 Å². The lowest BCUT2D eigenvalue weighted by molar-refractivity contribution is -0.133. The minimum atomic E-state index is -0.110. The number of aromatic nitrogens is 1. The molecule has 0 radical (unpaired) electrons. The Morgan fingerprint density at radius 3 is 2.83 bits per heavy atom. The predicted molar refractivity (Wildman–Crippen MR) is 111 cm³/mol. The standard InChI is InChI=1S/C22H21ClN2O4/c1-2-25(13-15-5-7-18-20(12-15)28-11-10-27-18)21(26)14-29-19-8-6-17(23)16-4-3-9-24-22(16)19/h3-9,12H,2,10-11,13-14H2,1H3. The van der Waals surface area contributed by atoms with Crippen molar-refractivity contribution in [1.29, 1.82) is 0 Å². The third-order valence-electron chi connectivity index (χ3n) is 4.75. The number of fused-ring (bicyclic) bond motifs is 2. The highest BCUT2D eigenvalue weighted by Gasteiger charge is 2.17. The molecule has 0 N–H and O–H groups in total. The third-order valence-corrected chi connectivity index (χ3v) is 5.07. The first kappa shape index (κ1) is 19.3. The number of amides is 1. The maximum absolute atomic E-state index is 12.7. The maximum Gasteiger partial charge on any atom is 0.260 e. The molecule has 29 heavy (non-hydrogen) atoms. The van der Waals surface area contributed by atoms with Crippen LogP contribution in [0.15, 0.2) is 48.7 Å². The molecular weight excluding hydrogens is 392 g/mol. The van der Waals surface area contributed by atoms with Crippen molar-refractivity contribution in [1.82, 2.24) is 9.88 Å². The molecule has 4 rings (SSSR count). The molecule has 0 saturated carbocycles. The van der Waals surface area contributed by atoms with Gasteiger partial charge in [0.2, 0.25) is 0 Å². The summed E-state index contributed by atoms with van der Waals surface area (Å²) in [6.07, 6.45) is 1.67. The average molecular weight is 413 g/mol. The van der Waals surface area contributed by atoms with Gasteiger partial charge in [-0.15, -0.1) is 0 Å². The Labute approximate surface area is 174 Å². The Balaban J connectivity index is 1.44. The van der Waals surface area contributed by atoms with Crippen molar-refractivity contribution in [2.45, 2.75) is 13.5 Å². The Kier molecular flexibility index (Phi) is 5.71. The fraction of sp³-hybridized carbons (Fsp3) is 0.273. The van der Waals surface area contributed by atoms with Crippen molar-refractivity contribution in [3.8, 4) is 17.2 Å². The molecule has 0 unspecified atom stereocenters. The topological polar surface area (TPSA) is 60.9 Å². The Morgan fingerprint density at radius 2 is 2.00 bits per heavy atom. The first-order chi connectivity index (χ1) is 14.2. The van der Waals surface area contributed by atoms with E-state index in [1.807, 2.05) is 37.3 Å². The smallest absolute Gasteiger partial charge is 0.260 e. The van der Waals surface area contributed by atoms with E-state index in [1.54, 1.807) is 23.2 Å². The van der Waals surface area contributed by atoms with Crippen LogP contribution in [0, 0.1) is 0 Å². The second-order valence-electron chi connectivity index (χ2n) is 6.62. The van der Waals surface area contributed by atoms with E-state index in [4.69, 9.17) is 25.8 Å². The Morgan fingerprint density at radius 1 is 1.17 bits per heavy atom. The third kappa shape index (κ3) is 4.22. The fourth-order valence-corrected chi connectivity index (χ4v) is 3.46. The summed E-state index contributed by atoms with van der Waals surface area (Å²) in [6, 6.07) is 12.9. The number of hydrogen-bond donors (Lipinski definition) is 0. The number of hydrogen-bond acceptors (Lipinski definition) is 5. The highest BCUT2D eigenvalue weighted by atomic mass is 35.5. The minimum Gasteiger partial charge on any atom is -0.486 e. The number of ether oxygens (including phenoxy) is 3. The molecule has 0 bridgehead atoms. The number of carbonyl (C=O) groups excluding carboxylic acids is 1. The maximum atomic E-state index is 12.7. The van der Waals surface area contributed by atoms with E-state index in [9.17, 15) is 4.79 Å². The second-order valence-corrected chi connectivity index (χ2v) is 7.03. The van der Waals surface area contributed by atoms with E-state index in [1.165, 1.54) is 0 Å². The van der Waals surface area contributed by atoms with E-state index < -0.39 is 0 Å². The molecule has 1 aromatic heterocycles. The molecule has 3 aromatic rings. The Hall–Kier alpha value is -2.99. The van der Waals surface area contributed by atoms with Crippen molar-refractivity contribution in [2.24, 2.45) is 0 Å². The summed E-state index contributed by atoms with van der Waals surface area (Å²) in [5.74, 6) is 1.88. The van der Waals surface area contributed by atoms with E-state index in [0.717, 1.165) is 16.7 Å². The summed E-state index contributed by atoms with van der Waals surface area (Å²) in [7, 11) is 0. The molecule has 7 heteroatoms. The molecule has 0 saturated heterocycles. The van der Waals surface area contributed by atoms with Crippen molar-refractivity contribution in [2.75, 3.05) is 26.4 Å². The van der Waals surface area contributed by atoms with Gasteiger partial charge in [-0.3, -0.25) is 9.78 Å². The number of carbonyl (C=O) groups is 1. The second kappa shape index (κ2) is 8.57. The normalized spacial score (nSPS) is 12.6. The summed E-state index contributed by atoms with van der Waals surface area (Å²) in [5.41, 5.74) is 1.62. The largest absolute Gasteiger partial charge is 0.486 e. The number of likely N-dealkylation sites (N-methyl/N-ethyl adjacent to an activating group) is 1. The van der Waals surface area contributed by atoms with Crippen molar-refractivity contribution in [3.05, 3.63) is 59.2 Å². The van der Waals surface area contributed by atoms with Gasteiger partial charge in [0.1, 0.15) is 24.5 Å². The summed E-state index contributed by atoms with van der Waals surface area (Å²) in [4.78, 5) is 18.8. The van der Waals surface area contributed by atoms with Crippen LogP contribution < -0.4 is 14.2 Å². The lowest BCUT2D eigenvalue weighted by Crippen LogP contribution is -2.34. The molecule has 1 aliphatic heterocycles. The van der Waals surface area contributed by atoms with Crippen LogP contribution in [0.1, 0.15) is 12.5 Å². The van der Waals surface area contributed by atoms with Crippen molar-refractivity contribution < 1.29 is 19.0 Å². The molecular formula is C22H21ClN2O4. The molecule has 0 aliphatic carbocycles. The van der Waals surface area contributed by atoms with Gasteiger partial charge < -0.3 is 19.1 Å². The van der Waals surface area contributed by atoms with Crippen LogP contribution in [0.2, 0.25) is 5.02 Å². The Bertz CT molecular complexity index is 1040. The zero-order valence-corrected chi connectivity index (χ0v) is 16.8. The summed E-state index contributed by atoms with van der Waals surface area (Å²) < 4.78 is 17.0. The molecule has 2 aromatic carbocycles. The number of nitrogens with zero attached hydrogens (tertiary/aromatic N) is 2. The lowest BCUT2D eigenvalue weighted by atomic mass is 10.1. The summed E-state index contributed by atoms with van der Waals surface area (Å²) in [5, 5.41) is 1.39. The zero-order valence-electron chi connectivity index (χ0n) is 16.1. The highest BCUT2D eigenvalue weighted by molar-refractivity contribution is 6.35. The number of rotatable bonds is 6. The van der Waals surface area contributed by atoms with Gasteiger partial charge in [-0.05, 0) is 48.9 Å². The van der Waals surface area contributed by atoms with E-state index in [-0.39, 0.29) is 12.5 Å². The number of pyridine rings is 1. The fourth-order valence-electron chi connectivity index (χ4n) is 3.24. The van der Waals surface area contributed by atoms with Crippen LogP contribution in [-0.4, -0.2) is 42.2 Å². The number of benzene rings is 2. The van der Waals surface area contributed by atoms with Gasteiger partial charge >= 0.3 is 0 Å². The van der Waals surface area contributed by atoms with Crippen LogP contribution in [0.3, 0.4) is 0 Å². The number of halogens is 1. The first-order valence-electron chi connectivity index (χ1n) is 9.48. The van der Waals surface area contributed by atoms with Crippen LogP contribution in [0.25, 0.3) is 10.9 Å². The van der Waals surface area contributed by atoms with Crippen LogP contribution >= 0.6 is 11.6 Å². The van der Waals surface area contributed by atoms with Gasteiger partial charge in [0, 0.05) is 24.7 Å². The predicted octanol–water partition coefficient (Wildman–Crippen LogP) is 4.09. The molecule has 1 aliphatic rings. The van der Waals surface area contributed by atoms with Crippen LogP contribution in [-0.2, 0) is 11.3 Å². The zero-order chi connectivity index (χ0) is 20.2. The molecule has 1 amide bonds. The summed E-state index contributed by atoms with van der Waals surface area (Å²) in [6.45, 7) is 3.98. The first-order valence-corrected chi connectivity index (χ1v) is 9.86. The average Bonchev–Trinajstić information content (AvgIpc) is 2.77. The molecule has 0 spiro atoms. The van der Waals surface area contributed by atoms with E-state index >= 15 is 0 Å². The van der Waals surface area contributed by atoms with Gasteiger partial charge in [0.25, 0.3) is 5.91 Å². The SMILES string of the molecule is CCN(Cc1ccc2c(c1)OCCO2)C(=O)COc1ccc(Cl)c2cccnc12. The van der Waals surface area contributed by atoms with Gasteiger partial charge in [-0.25, -0.2) is 0 Å². The lowest BCUT2D eigenvalue weighted by Gasteiger charge is -2.23. The minimum absolute atomic E-state index is 0.0777. The van der Waals surface area contributed by atoms with Gasteiger partial charge in [-0.2, -0.15) is 0 Å². The van der Waals surface area contributed by atoms with Gasteiger partial charge in [0.05, 0.1) is 5.02 Å². The van der Waals surface area contributed by atoms with Crippen molar-refractivity contribution >= 4 is 28.4 Å². The highest BCUT2D eigenvalue weighted by Crippen LogP contribution is 2.31. The molecule has 0 fully saturated rings. The van der Waals surface area contributed by atoms with Crippen molar-refractivity contribution in [3.63, 3.8) is 0 Å². The summed E-state index contributed by atoms with van der Waals surface area (Å²) >= 11 is 6.22. The van der Waals surface area contributed by atoms with Gasteiger partial charge in [-0.1, -0.05) is 17.7 Å². The van der Waals surface area contributed by atoms with Crippen LogP contribution in [0.4, 0.5) is 0 Å². The molecule has 150 valence electrons. The monoisotopic (exact) mass is 412 g/mol. The van der Waals surface area contributed by atoms with Crippen LogP contribution in [0.5, 0.6) is 17.2 Å². The quantitative estimate of drug-likeness (QED) is 0.610. The molecule has 6 nitrogen and oxygen atoms in total. The molecule has 2 heterocycles. The van der Waals surface area contributed by atoms with E-state index in [0.29, 0.717) is 48.3 Å².